The average Bonchev–Trinajstić information content (AvgIpc) is 2.67. The van der Waals surface area contributed by atoms with Crippen molar-refractivity contribution in [3.8, 4) is 11.4 Å². The molecule has 0 atom stereocenters. The van der Waals surface area contributed by atoms with Crippen LogP contribution in [0.15, 0.2) is 30.6 Å². The van der Waals surface area contributed by atoms with Crippen LogP contribution in [0, 0.1) is 0 Å². The van der Waals surface area contributed by atoms with Gasteiger partial charge in [0.1, 0.15) is 12.1 Å². The van der Waals surface area contributed by atoms with Crippen LogP contribution in [0.25, 0.3) is 5.69 Å². The molecule has 0 saturated carbocycles. The third kappa shape index (κ3) is 1.45. The summed E-state index contributed by atoms with van der Waals surface area (Å²) in [5.74, 6) is 0.923. The summed E-state index contributed by atoms with van der Waals surface area (Å²) in [5.41, 5.74) is 6.37. The van der Waals surface area contributed by atoms with Crippen LogP contribution in [0.1, 0.15) is 5.82 Å². The number of nitrogens with two attached hydrogens (primary N) is 1. The molecule has 0 saturated heterocycles. The highest BCUT2D eigenvalue weighted by Gasteiger charge is 2.03. The maximum absolute atomic E-state index is 9.12. The van der Waals surface area contributed by atoms with Gasteiger partial charge in [-0.25, -0.2) is 0 Å². The van der Waals surface area contributed by atoms with Crippen molar-refractivity contribution < 1.29 is 5.11 Å². The zero-order chi connectivity index (χ0) is 9.97. The third-order valence-corrected chi connectivity index (χ3v) is 1.93. The normalized spacial score (nSPS) is 10.4. The number of benzene rings is 1. The first-order valence-electron chi connectivity index (χ1n) is 4.19. The molecule has 72 valence electrons. The van der Waals surface area contributed by atoms with Crippen LogP contribution >= 0.6 is 0 Å². The fraction of sp³-hybridized carbons (Fsp3) is 0.111. The van der Waals surface area contributed by atoms with Gasteiger partial charge in [-0.15, -0.1) is 10.2 Å². The van der Waals surface area contributed by atoms with Crippen molar-refractivity contribution in [3.63, 3.8) is 0 Å². The van der Waals surface area contributed by atoms with E-state index in [1.54, 1.807) is 35.2 Å². The standard InChI is InChI=1S/C9H10N4O/c10-5-9-12-11-6-13(9)7-1-3-8(14)4-2-7/h1-4,6,14H,5,10H2. The van der Waals surface area contributed by atoms with Crippen LogP contribution in [0.4, 0.5) is 0 Å². The first-order valence-corrected chi connectivity index (χ1v) is 4.19. The lowest BCUT2D eigenvalue weighted by Gasteiger charge is -2.04. The Hall–Kier alpha value is -1.88. The van der Waals surface area contributed by atoms with Gasteiger partial charge in [-0.2, -0.15) is 0 Å². The fourth-order valence-corrected chi connectivity index (χ4v) is 1.23. The average molecular weight is 190 g/mol. The zero-order valence-electron chi connectivity index (χ0n) is 7.46. The number of hydrogen-bond acceptors (Lipinski definition) is 4. The maximum atomic E-state index is 9.12. The molecular formula is C9H10N4O. The van der Waals surface area contributed by atoms with E-state index in [0.29, 0.717) is 12.4 Å². The molecule has 0 aliphatic heterocycles. The Kier molecular flexibility index (Phi) is 2.16. The maximum Gasteiger partial charge on any atom is 0.151 e. The van der Waals surface area contributed by atoms with Gasteiger partial charge in [0.2, 0.25) is 0 Å². The number of hydrogen-bond donors (Lipinski definition) is 2. The van der Waals surface area contributed by atoms with E-state index in [-0.39, 0.29) is 5.75 Å². The second-order valence-corrected chi connectivity index (χ2v) is 2.84. The van der Waals surface area contributed by atoms with Crippen LogP contribution in [0.5, 0.6) is 5.75 Å². The zero-order valence-corrected chi connectivity index (χ0v) is 7.46. The summed E-state index contributed by atoms with van der Waals surface area (Å²) in [4.78, 5) is 0. The second-order valence-electron chi connectivity index (χ2n) is 2.84. The van der Waals surface area contributed by atoms with Crippen molar-refractivity contribution in [2.24, 2.45) is 5.73 Å². The molecular weight excluding hydrogens is 180 g/mol. The van der Waals surface area contributed by atoms with Crippen molar-refractivity contribution in [1.82, 2.24) is 14.8 Å². The van der Waals surface area contributed by atoms with Gasteiger partial charge in [-0.1, -0.05) is 0 Å². The highest BCUT2D eigenvalue weighted by Crippen LogP contribution is 2.14. The Labute approximate surface area is 80.8 Å². The summed E-state index contributed by atoms with van der Waals surface area (Å²) in [5, 5.41) is 16.7. The molecule has 0 aliphatic carbocycles. The van der Waals surface area contributed by atoms with Gasteiger partial charge in [-0.3, -0.25) is 4.57 Å². The number of rotatable bonds is 2. The van der Waals surface area contributed by atoms with E-state index < -0.39 is 0 Å². The van der Waals surface area contributed by atoms with E-state index in [2.05, 4.69) is 10.2 Å². The SMILES string of the molecule is NCc1nncn1-c1ccc(O)cc1. The van der Waals surface area contributed by atoms with Crippen LogP contribution in [-0.4, -0.2) is 19.9 Å². The van der Waals surface area contributed by atoms with E-state index in [1.807, 2.05) is 0 Å². The first-order chi connectivity index (χ1) is 6.81. The summed E-state index contributed by atoms with van der Waals surface area (Å²) >= 11 is 0. The molecule has 1 heterocycles. The predicted octanol–water partition coefficient (Wildman–Crippen LogP) is 0.432. The molecule has 14 heavy (non-hydrogen) atoms. The van der Waals surface area contributed by atoms with Crippen LogP contribution < -0.4 is 5.73 Å². The van der Waals surface area contributed by atoms with Crippen molar-refractivity contribution in [1.29, 1.82) is 0 Å². The molecule has 3 N–H and O–H groups in total. The number of nitrogens with zero attached hydrogens (tertiary/aromatic N) is 3. The summed E-state index contributed by atoms with van der Waals surface area (Å²) in [6.07, 6.45) is 1.59. The summed E-state index contributed by atoms with van der Waals surface area (Å²) in [7, 11) is 0. The first kappa shape index (κ1) is 8.71. The molecule has 0 unspecified atom stereocenters. The molecule has 0 amide bonds. The molecule has 2 rings (SSSR count). The minimum absolute atomic E-state index is 0.233. The van der Waals surface area contributed by atoms with Crippen molar-refractivity contribution in [2.45, 2.75) is 6.54 Å². The monoisotopic (exact) mass is 190 g/mol. The topological polar surface area (TPSA) is 77.0 Å². The molecule has 0 fully saturated rings. The Bertz CT molecular complexity index is 421. The molecule has 1 aromatic carbocycles. The van der Waals surface area contributed by atoms with Gasteiger partial charge >= 0.3 is 0 Å². The molecule has 0 aliphatic rings. The molecule has 5 heteroatoms. The minimum atomic E-state index is 0.233. The van der Waals surface area contributed by atoms with Gasteiger partial charge in [-0.05, 0) is 24.3 Å². The Morgan fingerprint density at radius 1 is 1.29 bits per heavy atom. The molecule has 1 aromatic heterocycles. The van der Waals surface area contributed by atoms with E-state index in [1.165, 1.54) is 0 Å². The van der Waals surface area contributed by atoms with Crippen LogP contribution in [0.2, 0.25) is 0 Å². The van der Waals surface area contributed by atoms with Crippen molar-refractivity contribution >= 4 is 0 Å². The molecule has 5 nitrogen and oxygen atoms in total. The summed E-state index contributed by atoms with van der Waals surface area (Å²) in [6, 6.07) is 6.76. The van der Waals surface area contributed by atoms with E-state index in [9.17, 15) is 0 Å². The summed E-state index contributed by atoms with van der Waals surface area (Å²) < 4.78 is 1.78. The third-order valence-electron chi connectivity index (χ3n) is 1.93. The Morgan fingerprint density at radius 2 is 2.00 bits per heavy atom. The van der Waals surface area contributed by atoms with Crippen LogP contribution in [0.3, 0.4) is 0 Å². The number of aromatic hydroxyl groups is 1. The van der Waals surface area contributed by atoms with E-state index in [0.717, 1.165) is 5.69 Å². The molecule has 0 radical (unpaired) electrons. The molecule has 0 bridgehead atoms. The van der Waals surface area contributed by atoms with Gasteiger partial charge in [0.05, 0.1) is 6.54 Å². The minimum Gasteiger partial charge on any atom is -0.508 e. The van der Waals surface area contributed by atoms with E-state index >= 15 is 0 Å². The van der Waals surface area contributed by atoms with Gasteiger partial charge in [0, 0.05) is 5.69 Å². The van der Waals surface area contributed by atoms with Crippen molar-refractivity contribution in [2.75, 3.05) is 0 Å². The quantitative estimate of drug-likeness (QED) is 0.720. The highest BCUT2D eigenvalue weighted by atomic mass is 16.3. The Morgan fingerprint density at radius 3 is 2.64 bits per heavy atom. The Balaban J connectivity index is 2.44. The summed E-state index contributed by atoms with van der Waals surface area (Å²) in [6.45, 7) is 0.334. The number of phenols is 1. The lowest BCUT2D eigenvalue weighted by Crippen LogP contribution is -2.05. The van der Waals surface area contributed by atoms with Gasteiger partial charge < -0.3 is 10.8 Å². The van der Waals surface area contributed by atoms with Crippen molar-refractivity contribution in [3.05, 3.63) is 36.4 Å². The largest absolute Gasteiger partial charge is 0.508 e. The predicted molar refractivity (Wildman–Crippen MR) is 50.9 cm³/mol. The lowest BCUT2D eigenvalue weighted by molar-refractivity contribution is 0.475. The van der Waals surface area contributed by atoms with E-state index in [4.69, 9.17) is 10.8 Å². The lowest BCUT2D eigenvalue weighted by atomic mass is 10.3. The molecule has 2 aromatic rings. The number of aromatic nitrogens is 3. The van der Waals surface area contributed by atoms with Crippen LogP contribution in [-0.2, 0) is 6.54 Å². The smallest absolute Gasteiger partial charge is 0.151 e. The van der Waals surface area contributed by atoms with Gasteiger partial charge in [0.15, 0.2) is 5.82 Å². The second kappa shape index (κ2) is 3.47. The fourth-order valence-electron chi connectivity index (χ4n) is 1.23. The highest BCUT2D eigenvalue weighted by molar-refractivity contribution is 5.37. The number of phenolic OH excluding ortho intramolecular Hbond substituents is 1. The van der Waals surface area contributed by atoms with Gasteiger partial charge in [0.25, 0.3) is 0 Å². The molecule has 0 spiro atoms.